The lowest BCUT2D eigenvalue weighted by molar-refractivity contribution is 0.00570. The van der Waals surface area contributed by atoms with Crippen molar-refractivity contribution in [3.8, 4) is 11.3 Å². The first-order chi connectivity index (χ1) is 17.5. The highest BCUT2D eigenvalue weighted by molar-refractivity contribution is 8.18. The molecule has 2 aromatic carbocycles. The number of aromatic nitrogens is 3. The summed E-state index contributed by atoms with van der Waals surface area (Å²) in [6.07, 6.45) is -0.325. The van der Waals surface area contributed by atoms with Gasteiger partial charge in [-0.05, 0) is 43.5 Å². The molecule has 4 N–H and O–H groups in total. The van der Waals surface area contributed by atoms with E-state index < -0.39 is 62.7 Å². The summed E-state index contributed by atoms with van der Waals surface area (Å²) < 4.78 is 42.0. The van der Waals surface area contributed by atoms with E-state index in [1.54, 1.807) is 13.8 Å². The van der Waals surface area contributed by atoms with Gasteiger partial charge in [-0.25, -0.2) is 28.7 Å². The van der Waals surface area contributed by atoms with E-state index in [2.05, 4.69) is 10.3 Å². The van der Waals surface area contributed by atoms with E-state index in [1.165, 1.54) is 10.9 Å². The normalized spacial score (nSPS) is 26.3. The molecule has 1 aliphatic rings. The number of benzene rings is 2. The maximum Gasteiger partial charge on any atom is 0.194 e. The van der Waals surface area contributed by atoms with Crippen molar-refractivity contribution in [2.24, 2.45) is 0 Å². The largest absolute Gasteiger partial charge is 0.395 e. The molecular formula is C26H32F3N3O4S. The third-order valence-corrected chi connectivity index (χ3v) is 10.7. The monoisotopic (exact) mass is 539 g/mol. The van der Waals surface area contributed by atoms with Gasteiger partial charge in [0.05, 0.1) is 30.6 Å². The molecule has 2 heterocycles. The average Bonchev–Trinajstić information content (AvgIpc) is 3.31. The lowest BCUT2D eigenvalue weighted by Crippen LogP contribution is -2.52. The van der Waals surface area contributed by atoms with E-state index >= 15 is 0 Å². The Morgan fingerprint density at radius 1 is 1.14 bits per heavy atom. The minimum Gasteiger partial charge on any atom is -0.395 e. The van der Waals surface area contributed by atoms with Crippen molar-refractivity contribution in [3.05, 3.63) is 71.2 Å². The number of thiol groups is 1. The van der Waals surface area contributed by atoms with Crippen LogP contribution in [-0.4, -0.2) is 70.8 Å². The van der Waals surface area contributed by atoms with Crippen LogP contribution in [0.3, 0.4) is 0 Å². The predicted molar refractivity (Wildman–Crippen MR) is 136 cm³/mol. The minimum absolute atomic E-state index is 0.0248. The van der Waals surface area contributed by atoms with Crippen LogP contribution in [0.4, 0.5) is 13.2 Å². The highest BCUT2D eigenvalue weighted by atomic mass is 32.2. The summed E-state index contributed by atoms with van der Waals surface area (Å²) >= 11 is 0. The van der Waals surface area contributed by atoms with Crippen LogP contribution in [0, 0.1) is 17.5 Å². The quantitative estimate of drug-likeness (QED) is 0.233. The third-order valence-electron chi connectivity index (χ3n) is 6.98. The van der Waals surface area contributed by atoms with Gasteiger partial charge < -0.3 is 20.4 Å². The molecule has 4 rings (SSSR count). The van der Waals surface area contributed by atoms with E-state index in [0.29, 0.717) is 0 Å². The summed E-state index contributed by atoms with van der Waals surface area (Å²) in [6.45, 7) is 5.01. The average molecular weight is 540 g/mol. The van der Waals surface area contributed by atoms with Gasteiger partial charge in [-0.3, -0.25) is 0 Å². The van der Waals surface area contributed by atoms with Gasteiger partial charge in [-0.1, -0.05) is 36.4 Å². The maximum absolute atomic E-state index is 13.7. The zero-order chi connectivity index (χ0) is 27.1. The molecule has 2 unspecified atom stereocenters. The van der Waals surface area contributed by atoms with E-state index in [1.807, 2.05) is 31.2 Å². The molecule has 1 aromatic heterocycles. The molecule has 0 saturated carbocycles. The summed E-state index contributed by atoms with van der Waals surface area (Å²) in [6, 6.07) is 8.29. The molecule has 11 heteroatoms. The van der Waals surface area contributed by atoms with Gasteiger partial charge in [-0.2, -0.15) is 0 Å². The zero-order valence-electron chi connectivity index (χ0n) is 20.8. The van der Waals surface area contributed by atoms with Gasteiger partial charge in [0.2, 0.25) is 0 Å². The Hall–Kier alpha value is -2.44. The van der Waals surface area contributed by atoms with Crippen LogP contribution in [0.1, 0.15) is 43.2 Å². The second kappa shape index (κ2) is 10.7. The van der Waals surface area contributed by atoms with Gasteiger partial charge in [0.25, 0.3) is 0 Å². The fourth-order valence-electron chi connectivity index (χ4n) is 5.30. The van der Waals surface area contributed by atoms with Crippen molar-refractivity contribution in [2.45, 2.75) is 61.5 Å². The Morgan fingerprint density at radius 2 is 1.78 bits per heavy atom. The standard InChI is InChI=1S/C26H32F3N3O4S/c1-4-14-7-5-6-8-16(14)25(26(2,3)36)37-13-20(34)23(24(35)21(37)12-33)32-11-19(30-31-32)15-9-17(27)22(29)18(28)10-15/h5-11,20-21,23-25,33-37H,4,12-13H2,1-3H3/t20-,21+,23-,24-,25?/m0/s1. The molecule has 0 amide bonds. The topological polar surface area (TPSA) is 112 Å². The zero-order valence-corrected chi connectivity index (χ0v) is 21.7. The maximum atomic E-state index is 13.7. The fourth-order valence-corrected chi connectivity index (χ4v) is 9.01. The van der Waals surface area contributed by atoms with Crippen molar-refractivity contribution in [1.29, 1.82) is 0 Å². The first-order valence-corrected chi connectivity index (χ1v) is 13.7. The lowest BCUT2D eigenvalue weighted by atomic mass is 9.93. The summed E-state index contributed by atoms with van der Waals surface area (Å²) in [4.78, 5) is 0. The van der Waals surface area contributed by atoms with Crippen molar-refractivity contribution in [3.63, 3.8) is 0 Å². The molecule has 0 spiro atoms. The van der Waals surface area contributed by atoms with Crippen molar-refractivity contribution in [2.75, 3.05) is 12.4 Å². The van der Waals surface area contributed by atoms with Crippen LogP contribution in [0.25, 0.3) is 11.3 Å². The van der Waals surface area contributed by atoms with Crippen molar-refractivity contribution >= 4 is 10.9 Å². The van der Waals surface area contributed by atoms with Gasteiger partial charge >= 0.3 is 0 Å². The predicted octanol–water partition coefficient (Wildman–Crippen LogP) is 3.08. The first-order valence-electron chi connectivity index (χ1n) is 12.1. The molecule has 0 aliphatic carbocycles. The molecule has 0 radical (unpaired) electrons. The second-order valence-electron chi connectivity index (χ2n) is 9.94. The molecule has 1 fully saturated rings. The Labute approximate surface area is 215 Å². The summed E-state index contributed by atoms with van der Waals surface area (Å²) in [5, 5.41) is 50.9. The van der Waals surface area contributed by atoms with Crippen LogP contribution in [0.5, 0.6) is 0 Å². The third kappa shape index (κ3) is 5.28. The number of rotatable bonds is 7. The SMILES string of the molecule is CCc1ccccc1C([SH]1C[C@H](O)[C@H](n2cc(-c3cc(F)c(F)c(F)c3)nn2)[C@@H](O)[C@H]1CO)C(C)(C)O. The summed E-state index contributed by atoms with van der Waals surface area (Å²) in [7, 11) is -1.33. The molecule has 37 heavy (non-hydrogen) atoms. The molecule has 1 aliphatic heterocycles. The molecule has 1 saturated heterocycles. The van der Waals surface area contributed by atoms with E-state index in [4.69, 9.17) is 0 Å². The number of hydrogen-bond donors (Lipinski definition) is 5. The van der Waals surface area contributed by atoms with Gasteiger partial charge in [-0.15, -0.1) is 5.10 Å². The lowest BCUT2D eigenvalue weighted by Gasteiger charge is -2.51. The number of halogens is 3. The molecular weight excluding hydrogens is 507 g/mol. The Kier molecular flexibility index (Phi) is 8.01. The van der Waals surface area contributed by atoms with E-state index in [0.717, 1.165) is 29.7 Å². The molecule has 3 aromatic rings. The highest BCUT2D eigenvalue weighted by Gasteiger charge is 2.49. The number of aliphatic hydroxyl groups is 4. The van der Waals surface area contributed by atoms with Gasteiger partial charge in [0.15, 0.2) is 17.5 Å². The highest BCUT2D eigenvalue weighted by Crippen LogP contribution is 2.57. The molecule has 202 valence electrons. The van der Waals surface area contributed by atoms with E-state index in [9.17, 15) is 33.6 Å². The van der Waals surface area contributed by atoms with Gasteiger partial charge in [0, 0.05) is 21.8 Å². The molecule has 7 nitrogen and oxygen atoms in total. The number of aliphatic hydroxyl groups excluding tert-OH is 3. The van der Waals surface area contributed by atoms with Crippen LogP contribution < -0.4 is 0 Å². The Balaban J connectivity index is 1.69. The van der Waals surface area contributed by atoms with Crippen LogP contribution in [-0.2, 0) is 6.42 Å². The van der Waals surface area contributed by atoms with Gasteiger partial charge in [0.1, 0.15) is 11.7 Å². The van der Waals surface area contributed by atoms with E-state index in [-0.39, 0.29) is 23.6 Å². The summed E-state index contributed by atoms with van der Waals surface area (Å²) in [5.41, 5.74) is 0.731. The fraction of sp³-hybridized carbons (Fsp3) is 0.462. The van der Waals surface area contributed by atoms with Crippen LogP contribution >= 0.6 is 10.9 Å². The van der Waals surface area contributed by atoms with Crippen LogP contribution in [0.2, 0.25) is 0 Å². The number of hydrogen-bond acceptors (Lipinski definition) is 6. The van der Waals surface area contributed by atoms with Crippen LogP contribution in [0.15, 0.2) is 42.6 Å². The number of aryl methyl sites for hydroxylation is 1. The number of nitrogens with zero attached hydrogens (tertiary/aromatic N) is 3. The second-order valence-corrected chi connectivity index (χ2v) is 12.5. The Bertz CT molecular complexity index is 1230. The van der Waals surface area contributed by atoms with Crippen molar-refractivity contribution < 1.29 is 33.6 Å². The Morgan fingerprint density at radius 3 is 2.38 bits per heavy atom. The van der Waals surface area contributed by atoms with Crippen molar-refractivity contribution in [1.82, 2.24) is 15.0 Å². The smallest absolute Gasteiger partial charge is 0.194 e. The molecule has 0 bridgehead atoms. The first kappa shape index (κ1) is 27.6. The molecule has 6 atom stereocenters. The minimum atomic E-state index is -1.60. The summed E-state index contributed by atoms with van der Waals surface area (Å²) in [5.74, 6) is -4.15.